The fraction of sp³-hybridized carbons (Fsp3) is 0.308. The molecular formula is C13H13N3O2S. The molecule has 1 aromatic carbocycles. The van der Waals surface area contributed by atoms with E-state index in [-0.39, 0.29) is 16.4 Å². The maximum absolute atomic E-state index is 11.6. The van der Waals surface area contributed by atoms with Gasteiger partial charge < -0.3 is 5.32 Å². The first kappa shape index (κ1) is 12.2. The lowest BCUT2D eigenvalue weighted by molar-refractivity contribution is -0.116. The second kappa shape index (κ2) is 4.70. The number of fused-ring (bicyclic) bond motifs is 1. The third-order valence-corrected chi connectivity index (χ3v) is 4.13. The summed E-state index contributed by atoms with van der Waals surface area (Å²) >= 11 is 1.20. The molecule has 0 saturated heterocycles. The smallest absolute Gasteiger partial charge is 0.299 e. The lowest BCUT2D eigenvalue weighted by atomic mass is 9.96. The van der Waals surface area contributed by atoms with E-state index in [1.54, 1.807) is 0 Å². The zero-order chi connectivity index (χ0) is 13.4. The number of hydrogen-bond acceptors (Lipinski definition) is 4. The lowest BCUT2D eigenvalue weighted by Gasteiger charge is -2.24. The molecule has 1 aromatic rings. The van der Waals surface area contributed by atoms with E-state index in [2.05, 4.69) is 15.8 Å². The molecule has 19 heavy (non-hydrogen) atoms. The van der Waals surface area contributed by atoms with Gasteiger partial charge in [-0.1, -0.05) is 30.0 Å². The summed E-state index contributed by atoms with van der Waals surface area (Å²) in [4.78, 5) is 22.8. The van der Waals surface area contributed by atoms with Crippen molar-refractivity contribution in [3.63, 3.8) is 0 Å². The van der Waals surface area contributed by atoms with Gasteiger partial charge in [0.1, 0.15) is 0 Å². The van der Waals surface area contributed by atoms with Crippen LogP contribution in [-0.2, 0) is 11.2 Å². The minimum absolute atomic E-state index is 0.0284. The number of carbonyl (C=O) groups excluding carboxylic acids is 2. The van der Waals surface area contributed by atoms with E-state index >= 15 is 0 Å². The van der Waals surface area contributed by atoms with E-state index in [4.69, 9.17) is 0 Å². The zero-order valence-electron chi connectivity index (χ0n) is 10.4. The second-order valence-corrected chi connectivity index (χ2v) is 5.86. The number of nitrogens with zero attached hydrogens (tertiary/aromatic N) is 1. The van der Waals surface area contributed by atoms with Crippen molar-refractivity contribution in [3.05, 3.63) is 29.3 Å². The minimum Gasteiger partial charge on any atom is -0.325 e. The molecule has 1 unspecified atom stereocenters. The number of aryl methyl sites for hydroxylation is 1. The highest BCUT2D eigenvalue weighted by Gasteiger charge is 2.27. The molecule has 5 nitrogen and oxygen atoms in total. The Kier molecular flexibility index (Phi) is 3.02. The molecule has 3 rings (SSSR count). The van der Waals surface area contributed by atoms with Gasteiger partial charge in [-0.3, -0.25) is 9.59 Å². The molecule has 2 aliphatic heterocycles. The largest absolute Gasteiger partial charge is 0.325 e. The number of anilines is 1. The van der Waals surface area contributed by atoms with Gasteiger partial charge in [0, 0.05) is 12.0 Å². The van der Waals surface area contributed by atoms with Crippen LogP contribution in [0.15, 0.2) is 23.3 Å². The van der Waals surface area contributed by atoms with Gasteiger partial charge in [-0.05, 0) is 18.9 Å². The van der Waals surface area contributed by atoms with Crippen LogP contribution in [0.3, 0.4) is 0 Å². The molecule has 0 radical (unpaired) electrons. The third-order valence-electron chi connectivity index (χ3n) is 3.25. The maximum atomic E-state index is 11.6. The summed E-state index contributed by atoms with van der Waals surface area (Å²) in [5, 5.41) is 6.88. The van der Waals surface area contributed by atoms with Crippen molar-refractivity contribution in [2.24, 2.45) is 5.10 Å². The normalized spacial score (nSPS) is 22.2. The number of hydrazone groups is 1. The molecule has 0 aromatic heterocycles. The Bertz CT molecular complexity index is 598. The topological polar surface area (TPSA) is 70.6 Å². The molecule has 2 amide bonds. The first-order chi connectivity index (χ1) is 9.15. The average Bonchev–Trinajstić information content (AvgIpc) is 2.38. The molecule has 2 heterocycles. The third kappa shape index (κ3) is 2.23. The second-order valence-electron chi connectivity index (χ2n) is 4.54. The van der Waals surface area contributed by atoms with E-state index in [1.807, 2.05) is 25.1 Å². The van der Waals surface area contributed by atoms with Crippen LogP contribution < -0.4 is 10.7 Å². The van der Waals surface area contributed by atoms with Crippen molar-refractivity contribution in [3.8, 4) is 0 Å². The van der Waals surface area contributed by atoms with Crippen molar-refractivity contribution in [2.45, 2.75) is 25.0 Å². The van der Waals surface area contributed by atoms with Crippen molar-refractivity contribution >= 4 is 34.3 Å². The number of carbonyl (C=O) groups is 2. The van der Waals surface area contributed by atoms with Crippen LogP contribution in [0.2, 0.25) is 0 Å². The standard InChI is InChI=1S/C13H13N3O2S/c1-7-11(15-16-13(18)19-7)9-4-2-3-8-5-6-10(17)14-12(8)9/h2-4,7H,5-6H2,1H3,(H,14,17)(H,16,18). The molecule has 0 saturated carbocycles. The van der Waals surface area contributed by atoms with E-state index in [0.29, 0.717) is 6.42 Å². The maximum Gasteiger partial charge on any atom is 0.299 e. The average molecular weight is 275 g/mol. The summed E-state index contributed by atoms with van der Waals surface area (Å²) in [6.45, 7) is 1.94. The monoisotopic (exact) mass is 275 g/mol. The fourth-order valence-electron chi connectivity index (χ4n) is 2.34. The van der Waals surface area contributed by atoms with Crippen molar-refractivity contribution in [2.75, 3.05) is 5.32 Å². The number of benzene rings is 1. The number of thioether (sulfide) groups is 1. The zero-order valence-corrected chi connectivity index (χ0v) is 11.2. The number of rotatable bonds is 1. The molecule has 1 atom stereocenters. The van der Waals surface area contributed by atoms with Gasteiger partial charge in [-0.25, -0.2) is 5.43 Å². The van der Waals surface area contributed by atoms with E-state index in [1.165, 1.54) is 11.8 Å². The molecule has 0 fully saturated rings. The van der Waals surface area contributed by atoms with Crippen LogP contribution in [0, 0.1) is 0 Å². The summed E-state index contributed by atoms with van der Waals surface area (Å²) in [7, 11) is 0. The molecule has 2 aliphatic rings. The number of amides is 2. The van der Waals surface area contributed by atoms with Gasteiger partial charge in [0.2, 0.25) is 5.91 Å². The van der Waals surface area contributed by atoms with Crippen molar-refractivity contribution < 1.29 is 9.59 Å². The van der Waals surface area contributed by atoms with Gasteiger partial charge in [0.05, 0.1) is 16.6 Å². The van der Waals surface area contributed by atoms with Gasteiger partial charge in [0.15, 0.2) is 0 Å². The Labute approximate surface area is 114 Å². The Morgan fingerprint density at radius 3 is 2.95 bits per heavy atom. The van der Waals surface area contributed by atoms with Gasteiger partial charge in [0.25, 0.3) is 5.24 Å². The van der Waals surface area contributed by atoms with E-state index in [9.17, 15) is 9.59 Å². The summed E-state index contributed by atoms with van der Waals surface area (Å²) in [6.07, 6.45) is 1.26. The number of para-hydroxylation sites is 1. The highest BCUT2D eigenvalue weighted by atomic mass is 32.2. The van der Waals surface area contributed by atoms with Crippen LogP contribution >= 0.6 is 11.8 Å². The SMILES string of the molecule is CC1SC(=O)NN=C1c1cccc2c1NC(=O)CC2. The van der Waals surface area contributed by atoms with Crippen LogP contribution in [0.1, 0.15) is 24.5 Å². The Balaban J connectivity index is 2.06. The molecule has 0 bridgehead atoms. The quantitative estimate of drug-likeness (QED) is 0.824. The van der Waals surface area contributed by atoms with Crippen LogP contribution in [0.25, 0.3) is 0 Å². The number of nitrogens with one attached hydrogen (secondary N) is 2. The summed E-state index contributed by atoms with van der Waals surface area (Å²) in [6, 6.07) is 5.90. The molecule has 2 N–H and O–H groups in total. The first-order valence-corrected chi connectivity index (χ1v) is 6.99. The van der Waals surface area contributed by atoms with E-state index in [0.717, 1.165) is 28.9 Å². The van der Waals surface area contributed by atoms with Crippen LogP contribution in [-0.4, -0.2) is 22.1 Å². The Morgan fingerprint density at radius 2 is 2.16 bits per heavy atom. The lowest BCUT2D eigenvalue weighted by Crippen LogP contribution is -2.31. The molecular weight excluding hydrogens is 262 g/mol. The predicted octanol–water partition coefficient (Wildman–Crippen LogP) is 2.12. The summed E-state index contributed by atoms with van der Waals surface area (Å²) < 4.78 is 0. The summed E-state index contributed by atoms with van der Waals surface area (Å²) in [5.74, 6) is 0.0284. The van der Waals surface area contributed by atoms with Crippen molar-refractivity contribution in [1.82, 2.24) is 5.43 Å². The van der Waals surface area contributed by atoms with Crippen LogP contribution in [0.5, 0.6) is 0 Å². The van der Waals surface area contributed by atoms with Crippen molar-refractivity contribution in [1.29, 1.82) is 0 Å². The highest BCUT2D eigenvalue weighted by Crippen LogP contribution is 2.30. The molecule has 0 aliphatic carbocycles. The molecule has 0 spiro atoms. The van der Waals surface area contributed by atoms with Gasteiger partial charge >= 0.3 is 0 Å². The molecule has 6 heteroatoms. The summed E-state index contributed by atoms with van der Waals surface area (Å²) in [5.41, 5.74) is 6.12. The highest BCUT2D eigenvalue weighted by molar-refractivity contribution is 8.14. The minimum atomic E-state index is -0.148. The Hall–Kier alpha value is -1.82. The van der Waals surface area contributed by atoms with E-state index < -0.39 is 0 Å². The predicted molar refractivity (Wildman–Crippen MR) is 75.5 cm³/mol. The van der Waals surface area contributed by atoms with Crippen LogP contribution in [0.4, 0.5) is 10.5 Å². The van der Waals surface area contributed by atoms with Gasteiger partial charge in [-0.2, -0.15) is 5.10 Å². The first-order valence-electron chi connectivity index (χ1n) is 6.11. The Morgan fingerprint density at radius 1 is 1.32 bits per heavy atom. The fourth-order valence-corrected chi connectivity index (χ4v) is 3.05. The van der Waals surface area contributed by atoms with Gasteiger partial charge in [-0.15, -0.1) is 0 Å². The number of hydrogen-bond donors (Lipinski definition) is 2. The molecule has 98 valence electrons.